The van der Waals surface area contributed by atoms with Crippen molar-refractivity contribution in [2.75, 3.05) is 17.9 Å². The summed E-state index contributed by atoms with van der Waals surface area (Å²) >= 11 is 1.31. The van der Waals surface area contributed by atoms with Gasteiger partial charge < -0.3 is 19.5 Å². The number of fused-ring (bicyclic) bond motifs is 1. The average molecular weight is 453 g/mol. The molecule has 3 aromatic rings. The summed E-state index contributed by atoms with van der Waals surface area (Å²) in [6, 6.07) is 11.3. The Morgan fingerprint density at radius 2 is 2.00 bits per heavy atom. The third kappa shape index (κ3) is 4.88. The van der Waals surface area contributed by atoms with Crippen molar-refractivity contribution in [3.05, 3.63) is 66.0 Å². The van der Waals surface area contributed by atoms with Crippen LogP contribution in [0.4, 0.5) is 5.69 Å². The van der Waals surface area contributed by atoms with E-state index in [1.54, 1.807) is 24.3 Å². The predicted molar refractivity (Wildman–Crippen MR) is 122 cm³/mol. The molecule has 2 aromatic carbocycles. The fraction of sp³-hybridized carbons (Fsp3) is 0.261. The van der Waals surface area contributed by atoms with E-state index < -0.39 is 0 Å². The van der Waals surface area contributed by atoms with E-state index in [1.807, 2.05) is 36.6 Å². The van der Waals surface area contributed by atoms with Crippen LogP contribution in [-0.4, -0.2) is 33.2 Å². The molecule has 1 amide bonds. The highest BCUT2D eigenvalue weighted by Gasteiger charge is 2.17. The van der Waals surface area contributed by atoms with E-state index >= 15 is 0 Å². The molecule has 0 atom stereocenters. The van der Waals surface area contributed by atoms with Gasteiger partial charge in [0.25, 0.3) is 0 Å². The summed E-state index contributed by atoms with van der Waals surface area (Å²) in [7, 11) is 0. The first-order valence-electron chi connectivity index (χ1n) is 10.1. The molecule has 2 heterocycles. The van der Waals surface area contributed by atoms with Crippen LogP contribution in [0, 0.1) is 13.8 Å². The van der Waals surface area contributed by atoms with Crippen molar-refractivity contribution in [3.63, 3.8) is 0 Å². The molecule has 1 aliphatic heterocycles. The summed E-state index contributed by atoms with van der Waals surface area (Å²) in [6.07, 6.45) is 1.77. The highest BCUT2D eigenvalue weighted by Crippen LogP contribution is 2.34. The summed E-state index contributed by atoms with van der Waals surface area (Å²) < 4.78 is 18.6. The minimum Gasteiger partial charge on any atom is -0.485 e. The van der Waals surface area contributed by atoms with E-state index in [4.69, 9.17) is 14.2 Å². The minimum absolute atomic E-state index is 0.157. The molecular formula is C23H24N4O4S. The Bertz CT molecular complexity index is 1120. The van der Waals surface area contributed by atoms with Crippen molar-refractivity contribution < 1.29 is 19.0 Å². The SMILES string of the molecule is C=CCn1c(COc2c(C)cccc2C)nnc1SCC(=O)Nc1ccc2c(c1)OCO2. The van der Waals surface area contributed by atoms with Gasteiger partial charge in [0, 0.05) is 18.3 Å². The number of aryl methyl sites for hydroxylation is 2. The van der Waals surface area contributed by atoms with Crippen LogP contribution in [0.5, 0.6) is 17.2 Å². The number of hydrogen-bond acceptors (Lipinski definition) is 7. The lowest BCUT2D eigenvalue weighted by atomic mass is 10.1. The summed E-state index contributed by atoms with van der Waals surface area (Å²) in [5, 5.41) is 12.0. The third-order valence-electron chi connectivity index (χ3n) is 4.85. The van der Waals surface area contributed by atoms with E-state index in [1.165, 1.54) is 11.8 Å². The number of amides is 1. The van der Waals surface area contributed by atoms with Gasteiger partial charge in [-0.15, -0.1) is 16.8 Å². The molecule has 8 nitrogen and oxygen atoms in total. The monoisotopic (exact) mass is 452 g/mol. The highest BCUT2D eigenvalue weighted by molar-refractivity contribution is 7.99. The largest absolute Gasteiger partial charge is 0.485 e. The number of anilines is 1. The third-order valence-corrected chi connectivity index (χ3v) is 5.81. The van der Waals surface area contributed by atoms with Gasteiger partial charge >= 0.3 is 0 Å². The number of carbonyl (C=O) groups is 1. The standard InChI is InChI=1S/C23H24N4O4S/c1-4-10-27-20(12-29-22-15(2)6-5-7-16(22)3)25-26-23(27)32-13-21(28)24-17-8-9-18-19(11-17)31-14-30-18/h4-9,11H,1,10,12-14H2,2-3H3,(H,24,28). The van der Waals surface area contributed by atoms with E-state index in [-0.39, 0.29) is 25.1 Å². The maximum absolute atomic E-state index is 12.4. The zero-order valence-corrected chi connectivity index (χ0v) is 18.8. The average Bonchev–Trinajstić information content (AvgIpc) is 3.39. The molecule has 1 aromatic heterocycles. The molecule has 0 saturated carbocycles. The zero-order chi connectivity index (χ0) is 22.5. The fourth-order valence-corrected chi connectivity index (χ4v) is 4.08. The highest BCUT2D eigenvalue weighted by atomic mass is 32.2. The van der Waals surface area contributed by atoms with Crippen LogP contribution in [-0.2, 0) is 17.9 Å². The number of para-hydroxylation sites is 1. The van der Waals surface area contributed by atoms with Crippen molar-refractivity contribution in [2.24, 2.45) is 0 Å². The topological polar surface area (TPSA) is 87.5 Å². The Labute approximate surface area is 190 Å². The summed E-state index contributed by atoms with van der Waals surface area (Å²) in [6.45, 7) is 8.82. The van der Waals surface area contributed by atoms with Crippen LogP contribution in [0.1, 0.15) is 17.0 Å². The molecule has 4 rings (SSSR count). The maximum Gasteiger partial charge on any atom is 0.234 e. The summed E-state index contributed by atoms with van der Waals surface area (Å²) in [4.78, 5) is 12.4. The van der Waals surface area contributed by atoms with Crippen LogP contribution in [0.3, 0.4) is 0 Å². The van der Waals surface area contributed by atoms with Gasteiger partial charge in [0.15, 0.2) is 22.5 Å². The number of rotatable bonds is 9. The smallest absolute Gasteiger partial charge is 0.234 e. The van der Waals surface area contributed by atoms with Crippen LogP contribution in [0.2, 0.25) is 0 Å². The lowest BCUT2D eigenvalue weighted by Gasteiger charge is -2.12. The molecule has 0 spiro atoms. The van der Waals surface area contributed by atoms with Crippen LogP contribution in [0.15, 0.2) is 54.2 Å². The number of ether oxygens (including phenoxy) is 3. The first kappa shape index (κ1) is 21.8. The van der Waals surface area contributed by atoms with Crippen molar-refractivity contribution in [2.45, 2.75) is 32.2 Å². The molecule has 0 saturated heterocycles. The number of aromatic nitrogens is 3. The van der Waals surface area contributed by atoms with Crippen LogP contribution in [0.25, 0.3) is 0 Å². The molecule has 1 N–H and O–H groups in total. The van der Waals surface area contributed by atoms with E-state index in [9.17, 15) is 4.79 Å². The van der Waals surface area contributed by atoms with E-state index in [2.05, 4.69) is 22.1 Å². The molecule has 1 aliphatic rings. The Hall–Kier alpha value is -3.46. The quantitative estimate of drug-likeness (QED) is 0.386. The number of carbonyl (C=O) groups excluding carboxylic acids is 1. The molecule has 0 aliphatic carbocycles. The predicted octanol–water partition coefficient (Wildman–Crippen LogP) is 4.12. The van der Waals surface area contributed by atoms with Crippen LogP contribution >= 0.6 is 11.8 Å². The molecule has 0 fully saturated rings. The van der Waals surface area contributed by atoms with Gasteiger partial charge in [0.05, 0.1) is 5.75 Å². The Balaban J connectivity index is 1.38. The lowest BCUT2D eigenvalue weighted by Crippen LogP contribution is -2.15. The first-order valence-corrected chi connectivity index (χ1v) is 11.1. The second-order valence-corrected chi connectivity index (χ2v) is 8.16. The minimum atomic E-state index is -0.157. The molecule has 9 heteroatoms. The number of hydrogen-bond donors (Lipinski definition) is 1. The Morgan fingerprint density at radius 3 is 2.78 bits per heavy atom. The van der Waals surface area contributed by atoms with Crippen molar-refractivity contribution in [3.8, 4) is 17.2 Å². The van der Waals surface area contributed by atoms with Gasteiger partial charge in [-0.3, -0.25) is 9.36 Å². The molecule has 0 radical (unpaired) electrons. The number of benzene rings is 2. The van der Waals surface area contributed by atoms with E-state index in [0.717, 1.165) is 16.9 Å². The summed E-state index contributed by atoms with van der Waals surface area (Å²) in [5.41, 5.74) is 2.78. The van der Waals surface area contributed by atoms with Gasteiger partial charge in [-0.2, -0.15) is 0 Å². The fourth-order valence-electron chi connectivity index (χ4n) is 3.31. The number of nitrogens with zero attached hydrogens (tertiary/aromatic N) is 3. The number of nitrogens with one attached hydrogen (secondary N) is 1. The van der Waals surface area contributed by atoms with Gasteiger partial charge in [-0.25, -0.2) is 0 Å². The van der Waals surface area contributed by atoms with Gasteiger partial charge in [-0.1, -0.05) is 36.0 Å². The molecule has 32 heavy (non-hydrogen) atoms. The van der Waals surface area contributed by atoms with Crippen molar-refractivity contribution >= 4 is 23.4 Å². The molecule has 166 valence electrons. The van der Waals surface area contributed by atoms with Gasteiger partial charge in [0.2, 0.25) is 12.7 Å². The maximum atomic E-state index is 12.4. The van der Waals surface area contributed by atoms with Crippen LogP contribution < -0.4 is 19.5 Å². The Morgan fingerprint density at radius 1 is 1.22 bits per heavy atom. The Kier molecular flexibility index (Phi) is 6.65. The summed E-state index contributed by atoms with van der Waals surface area (Å²) in [5.74, 6) is 2.83. The molecule has 0 unspecified atom stereocenters. The zero-order valence-electron chi connectivity index (χ0n) is 18.0. The number of allylic oxidation sites excluding steroid dienone is 1. The van der Waals surface area contributed by atoms with Crippen molar-refractivity contribution in [1.82, 2.24) is 14.8 Å². The second-order valence-electron chi connectivity index (χ2n) is 7.21. The molecule has 0 bridgehead atoms. The van der Waals surface area contributed by atoms with Crippen molar-refractivity contribution in [1.29, 1.82) is 0 Å². The second kappa shape index (κ2) is 9.78. The normalized spacial score (nSPS) is 11.9. The lowest BCUT2D eigenvalue weighted by molar-refractivity contribution is -0.113. The number of thioether (sulfide) groups is 1. The van der Waals surface area contributed by atoms with Gasteiger partial charge in [-0.05, 0) is 37.1 Å². The first-order chi connectivity index (χ1) is 15.5. The van der Waals surface area contributed by atoms with Gasteiger partial charge in [0.1, 0.15) is 12.4 Å². The van der Waals surface area contributed by atoms with E-state index in [0.29, 0.717) is 34.7 Å². The molecular weight excluding hydrogens is 428 g/mol.